The van der Waals surface area contributed by atoms with E-state index in [1.54, 1.807) is 0 Å². The van der Waals surface area contributed by atoms with E-state index >= 15 is 0 Å². The van der Waals surface area contributed by atoms with Gasteiger partial charge in [0.15, 0.2) is 0 Å². The van der Waals surface area contributed by atoms with Crippen molar-refractivity contribution < 1.29 is 9.53 Å². The van der Waals surface area contributed by atoms with Crippen LogP contribution in [0.2, 0.25) is 0 Å². The number of ether oxygens (including phenoxy) is 1. The summed E-state index contributed by atoms with van der Waals surface area (Å²) in [5, 5.41) is 0. The highest BCUT2D eigenvalue weighted by Crippen LogP contribution is 2.37. The Bertz CT molecular complexity index is 262. The second-order valence-electron chi connectivity index (χ2n) is 6.75. The van der Waals surface area contributed by atoms with Gasteiger partial charge in [-0.2, -0.15) is 0 Å². The molecule has 0 saturated heterocycles. The van der Waals surface area contributed by atoms with Gasteiger partial charge in [0, 0.05) is 6.42 Å². The molecule has 1 aliphatic rings. The van der Waals surface area contributed by atoms with Gasteiger partial charge in [0.2, 0.25) is 0 Å². The van der Waals surface area contributed by atoms with E-state index in [0.717, 1.165) is 12.3 Å². The summed E-state index contributed by atoms with van der Waals surface area (Å²) in [6, 6.07) is 0. The zero-order valence-corrected chi connectivity index (χ0v) is 12.8. The van der Waals surface area contributed by atoms with Crippen LogP contribution >= 0.6 is 0 Å². The number of hydrogen-bond acceptors (Lipinski definition) is 2. The molecule has 1 saturated carbocycles. The van der Waals surface area contributed by atoms with Gasteiger partial charge in [0.05, 0.1) is 0 Å². The van der Waals surface area contributed by atoms with Gasteiger partial charge in [-0.15, -0.1) is 0 Å². The normalized spacial score (nSPS) is 26.7. The predicted octanol–water partition coefficient (Wildman–Crippen LogP) is 4.57. The molecule has 1 fully saturated rings. The Labute approximate surface area is 112 Å². The number of carbonyl (C=O) groups excluding carboxylic acids is 1. The standard InChI is InChI=1S/C16H30O2/c1-6-12(2)11-15(17)18-16(4,5)14-9-7-13(3)8-10-14/h12-14H,6-11H2,1-5H3. The lowest BCUT2D eigenvalue weighted by Gasteiger charge is -2.38. The fourth-order valence-electron chi connectivity index (χ4n) is 2.80. The summed E-state index contributed by atoms with van der Waals surface area (Å²) in [7, 11) is 0. The molecule has 0 amide bonds. The van der Waals surface area contributed by atoms with Crippen molar-refractivity contribution in [3.63, 3.8) is 0 Å². The van der Waals surface area contributed by atoms with Crippen LogP contribution in [0.5, 0.6) is 0 Å². The monoisotopic (exact) mass is 254 g/mol. The number of carbonyl (C=O) groups is 1. The quantitative estimate of drug-likeness (QED) is 0.672. The predicted molar refractivity (Wildman–Crippen MR) is 75.4 cm³/mol. The molecule has 1 unspecified atom stereocenters. The smallest absolute Gasteiger partial charge is 0.306 e. The molecule has 1 rings (SSSR count). The molecule has 0 N–H and O–H groups in total. The van der Waals surface area contributed by atoms with Gasteiger partial charge in [-0.1, -0.05) is 40.0 Å². The molecule has 0 spiro atoms. The van der Waals surface area contributed by atoms with Crippen molar-refractivity contribution in [1.82, 2.24) is 0 Å². The molecular weight excluding hydrogens is 224 g/mol. The lowest BCUT2D eigenvalue weighted by atomic mass is 9.75. The van der Waals surface area contributed by atoms with E-state index in [9.17, 15) is 4.79 Å². The van der Waals surface area contributed by atoms with E-state index in [0.29, 0.717) is 18.3 Å². The third-order valence-corrected chi connectivity index (χ3v) is 4.59. The first-order chi connectivity index (χ1) is 8.35. The molecule has 1 atom stereocenters. The summed E-state index contributed by atoms with van der Waals surface area (Å²) in [6.45, 7) is 10.7. The van der Waals surface area contributed by atoms with E-state index in [-0.39, 0.29) is 11.6 Å². The first-order valence-corrected chi connectivity index (χ1v) is 7.57. The Kier molecular flexibility index (Phi) is 5.68. The SMILES string of the molecule is CCC(C)CC(=O)OC(C)(C)C1CCC(C)CC1. The largest absolute Gasteiger partial charge is 0.459 e. The van der Waals surface area contributed by atoms with Crippen LogP contribution in [0.25, 0.3) is 0 Å². The van der Waals surface area contributed by atoms with Gasteiger partial charge in [-0.3, -0.25) is 4.79 Å². The average Bonchev–Trinajstić information content (AvgIpc) is 2.28. The molecule has 18 heavy (non-hydrogen) atoms. The fraction of sp³-hybridized carbons (Fsp3) is 0.938. The lowest BCUT2D eigenvalue weighted by Crippen LogP contribution is -2.39. The molecule has 2 heteroatoms. The summed E-state index contributed by atoms with van der Waals surface area (Å²) >= 11 is 0. The van der Waals surface area contributed by atoms with Gasteiger partial charge in [-0.25, -0.2) is 0 Å². The summed E-state index contributed by atoms with van der Waals surface area (Å²) in [5.41, 5.74) is -0.287. The van der Waals surface area contributed by atoms with E-state index in [1.165, 1.54) is 25.7 Å². The Balaban J connectivity index is 2.45. The first kappa shape index (κ1) is 15.5. The number of rotatable bonds is 5. The molecule has 0 radical (unpaired) electrons. The summed E-state index contributed by atoms with van der Waals surface area (Å²) in [5.74, 6) is 1.79. The van der Waals surface area contributed by atoms with Gasteiger partial charge in [-0.05, 0) is 44.4 Å². The second kappa shape index (κ2) is 6.58. The van der Waals surface area contributed by atoms with E-state index in [4.69, 9.17) is 4.74 Å². The van der Waals surface area contributed by atoms with Crippen molar-refractivity contribution in [2.45, 2.75) is 78.7 Å². The third kappa shape index (κ3) is 4.62. The van der Waals surface area contributed by atoms with Gasteiger partial charge >= 0.3 is 5.97 Å². The molecular formula is C16H30O2. The first-order valence-electron chi connectivity index (χ1n) is 7.57. The van der Waals surface area contributed by atoms with Crippen molar-refractivity contribution in [2.24, 2.45) is 17.8 Å². The minimum absolute atomic E-state index is 0.0204. The maximum atomic E-state index is 11.9. The van der Waals surface area contributed by atoms with Crippen molar-refractivity contribution in [2.75, 3.05) is 0 Å². The molecule has 1 aliphatic carbocycles. The van der Waals surface area contributed by atoms with Crippen LogP contribution in [-0.2, 0) is 9.53 Å². The summed E-state index contributed by atoms with van der Waals surface area (Å²) in [6.07, 6.45) is 6.54. The van der Waals surface area contributed by atoms with E-state index in [1.807, 2.05) is 0 Å². The topological polar surface area (TPSA) is 26.3 Å². The van der Waals surface area contributed by atoms with Crippen LogP contribution in [-0.4, -0.2) is 11.6 Å². The second-order valence-corrected chi connectivity index (χ2v) is 6.75. The number of hydrogen-bond donors (Lipinski definition) is 0. The van der Waals surface area contributed by atoms with Crippen molar-refractivity contribution in [3.8, 4) is 0 Å². The minimum Gasteiger partial charge on any atom is -0.459 e. The highest BCUT2D eigenvalue weighted by molar-refractivity contribution is 5.70. The zero-order valence-electron chi connectivity index (χ0n) is 12.8. The van der Waals surface area contributed by atoms with Crippen LogP contribution in [0.1, 0.15) is 73.1 Å². The average molecular weight is 254 g/mol. The van der Waals surface area contributed by atoms with E-state index in [2.05, 4.69) is 34.6 Å². The fourth-order valence-corrected chi connectivity index (χ4v) is 2.80. The van der Waals surface area contributed by atoms with Gasteiger partial charge < -0.3 is 4.74 Å². The molecule has 106 valence electrons. The molecule has 0 aromatic heterocycles. The maximum absolute atomic E-state index is 11.9. The summed E-state index contributed by atoms with van der Waals surface area (Å²) < 4.78 is 5.75. The van der Waals surface area contributed by atoms with E-state index < -0.39 is 0 Å². The van der Waals surface area contributed by atoms with Crippen molar-refractivity contribution in [1.29, 1.82) is 0 Å². The maximum Gasteiger partial charge on any atom is 0.306 e. The van der Waals surface area contributed by atoms with Gasteiger partial charge in [0.1, 0.15) is 5.60 Å². The Morgan fingerprint density at radius 2 is 1.83 bits per heavy atom. The van der Waals surface area contributed by atoms with Crippen LogP contribution in [0.3, 0.4) is 0 Å². The Hall–Kier alpha value is -0.530. The molecule has 0 aromatic carbocycles. The van der Waals surface area contributed by atoms with Crippen LogP contribution < -0.4 is 0 Å². The highest BCUT2D eigenvalue weighted by Gasteiger charge is 2.35. The molecule has 0 aromatic rings. The Morgan fingerprint density at radius 3 is 2.33 bits per heavy atom. The summed E-state index contributed by atoms with van der Waals surface area (Å²) in [4.78, 5) is 11.9. The van der Waals surface area contributed by atoms with Crippen LogP contribution in [0, 0.1) is 17.8 Å². The van der Waals surface area contributed by atoms with Gasteiger partial charge in [0.25, 0.3) is 0 Å². The zero-order chi connectivity index (χ0) is 13.8. The molecule has 0 bridgehead atoms. The molecule has 2 nitrogen and oxygen atoms in total. The lowest BCUT2D eigenvalue weighted by molar-refractivity contribution is -0.164. The molecule has 0 heterocycles. The third-order valence-electron chi connectivity index (χ3n) is 4.59. The minimum atomic E-state index is -0.287. The molecule has 0 aliphatic heterocycles. The number of esters is 1. The van der Waals surface area contributed by atoms with Crippen molar-refractivity contribution >= 4 is 5.97 Å². The van der Waals surface area contributed by atoms with Crippen LogP contribution in [0.4, 0.5) is 0 Å². The highest BCUT2D eigenvalue weighted by atomic mass is 16.6. The Morgan fingerprint density at radius 1 is 1.28 bits per heavy atom. The van der Waals surface area contributed by atoms with Crippen molar-refractivity contribution in [3.05, 3.63) is 0 Å². The van der Waals surface area contributed by atoms with Crippen LogP contribution in [0.15, 0.2) is 0 Å².